The predicted molar refractivity (Wildman–Crippen MR) is 90.5 cm³/mol. The maximum atomic E-state index is 13.4. The van der Waals surface area contributed by atoms with Crippen molar-refractivity contribution in [3.05, 3.63) is 39.9 Å². The van der Waals surface area contributed by atoms with Crippen LogP contribution in [0.5, 0.6) is 0 Å². The van der Waals surface area contributed by atoms with E-state index in [1.807, 2.05) is 0 Å². The molecule has 1 saturated heterocycles. The van der Waals surface area contributed by atoms with Gasteiger partial charge in [0.1, 0.15) is 16.9 Å². The molecule has 3 aromatic heterocycles. The van der Waals surface area contributed by atoms with Crippen LogP contribution in [0.2, 0.25) is 0 Å². The van der Waals surface area contributed by atoms with Crippen LogP contribution in [0.3, 0.4) is 0 Å². The van der Waals surface area contributed by atoms with E-state index >= 15 is 0 Å². The summed E-state index contributed by atoms with van der Waals surface area (Å²) in [5.41, 5.74) is 2.66. The summed E-state index contributed by atoms with van der Waals surface area (Å²) in [5.74, 6) is -0.0213. The van der Waals surface area contributed by atoms with Gasteiger partial charge in [0.05, 0.1) is 16.9 Å². The van der Waals surface area contributed by atoms with E-state index in [9.17, 15) is 13.6 Å². The first-order chi connectivity index (χ1) is 12.5. The van der Waals surface area contributed by atoms with Crippen molar-refractivity contribution in [3.63, 3.8) is 0 Å². The molecule has 1 fully saturated rings. The number of hydrogen-bond donors (Lipinski definition) is 0. The molecule has 4 rings (SSSR count). The number of halogens is 2. The minimum atomic E-state index is -2.68. The number of nitrogens with zero attached hydrogens (tertiary/aromatic N) is 6. The number of aryl methyl sites for hydroxylation is 1. The largest absolute Gasteiger partial charge is 0.337 e. The van der Waals surface area contributed by atoms with Crippen LogP contribution >= 0.6 is 11.3 Å². The molecule has 0 unspecified atom stereocenters. The molecule has 0 spiro atoms. The van der Waals surface area contributed by atoms with Gasteiger partial charge in [-0.05, 0) is 25.8 Å². The molecule has 4 heterocycles. The third-order valence-electron chi connectivity index (χ3n) is 4.59. The molecule has 0 saturated carbocycles. The van der Waals surface area contributed by atoms with E-state index in [1.165, 1.54) is 23.7 Å². The third-order valence-corrected chi connectivity index (χ3v) is 5.51. The summed E-state index contributed by atoms with van der Waals surface area (Å²) in [5, 5.41) is 3.81. The van der Waals surface area contributed by atoms with Crippen molar-refractivity contribution in [1.29, 1.82) is 0 Å². The summed E-state index contributed by atoms with van der Waals surface area (Å²) in [4.78, 5) is 27.6. The lowest BCUT2D eigenvalue weighted by Crippen LogP contribution is -2.39. The van der Waals surface area contributed by atoms with E-state index in [-0.39, 0.29) is 23.3 Å². The average Bonchev–Trinajstić information content (AvgIpc) is 3.28. The van der Waals surface area contributed by atoms with Crippen molar-refractivity contribution in [2.24, 2.45) is 0 Å². The second kappa shape index (κ2) is 6.67. The maximum Gasteiger partial charge on any atom is 0.280 e. The van der Waals surface area contributed by atoms with Crippen LogP contribution in [0.15, 0.2) is 17.9 Å². The summed E-state index contributed by atoms with van der Waals surface area (Å²) < 4.78 is 27.8. The Labute approximate surface area is 151 Å². The second-order valence-corrected chi connectivity index (χ2v) is 7.09. The number of hydrogen-bond acceptors (Lipinski definition) is 6. The van der Waals surface area contributed by atoms with Crippen molar-refractivity contribution in [2.75, 3.05) is 13.1 Å². The van der Waals surface area contributed by atoms with Crippen LogP contribution in [0.25, 0.3) is 5.78 Å². The quantitative estimate of drug-likeness (QED) is 0.700. The lowest BCUT2D eigenvalue weighted by atomic mass is 9.94. The molecule has 7 nitrogen and oxygen atoms in total. The Morgan fingerprint density at radius 1 is 1.38 bits per heavy atom. The third kappa shape index (κ3) is 2.94. The molecule has 1 aliphatic rings. The summed E-state index contributed by atoms with van der Waals surface area (Å²) in [7, 11) is 0. The van der Waals surface area contributed by atoms with Gasteiger partial charge in [0.25, 0.3) is 18.1 Å². The number of aromatic nitrogens is 5. The number of carbonyl (C=O) groups is 1. The number of likely N-dealkylation sites (tertiary alicyclic amines) is 1. The molecule has 10 heteroatoms. The molecule has 1 aliphatic heterocycles. The summed E-state index contributed by atoms with van der Waals surface area (Å²) in [6, 6.07) is 1.38. The van der Waals surface area contributed by atoms with E-state index in [1.54, 1.807) is 17.3 Å². The topological polar surface area (TPSA) is 76.3 Å². The Hall–Kier alpha value is -2.49. The Morgan fingerprint density at radius 3 is 2.96 bits per heavy atom. The van der Waals surface area contributed by atoms with Crippen LogP contribution in [-0.4, -0.2) is 48.5 Å². The van der Waals surface area contributed by atoms with Gasteiger partial charge in [-0.3, -0.25) is 4.79 Å². The van der Waals surface area contributed by atoms with Gasteiger partial charge in [-0.15, -0.1) is 11.3 Å². The molecule has 26 heavy (non-hydrogen) atoms. The normalized spacial score (nSPS) is 18.0. The minimum Gasteiger partial charge on any atom is -0.337 e. The first-order valence-electron chi connectivity index (χ1n) is 8.22. The van der Waals surface area contributed by atoms with Gasteiger partial charge in [-0.2, -0.15) is 14.6 Å². The standard InChI is InChI=1S/C16H16F2N6OS/c1-9-13(26-8-20-9)15(25)23-4-2-3-10(6-23)11-5-12(14(17)18)24-16(22-11)19-7-21-24/h5,7-8,10,14H,2-4,6H2,1H3/t10-/m0/s1. The fraction of sp³-hybridized carbons (Fsp3) is 0.438. The van der Waals surface area contributed by atoms with Crippen molar-refractivity contribution < 1.29 is 13.6 Å². The molecule has 0 aromatic carbocycles. The highest BCUT2D eigenvalue weighted by Crippen LogP contribution is 2.30. The number of carbonyl (C=O) groups excluding carboxylic acids is 1. The zero-order valence-electron chi connectivity index (χ0n) is 14.0. The van der Waals surface area contributed by atoms with Gasteiger partial charge in [0.2, 0.25) is 0 Å². The molecule has 136 valence electrons. The van der Waals surface area contributed by atoms with Crippen molar-refractivity contribution >= 4 is 23.0 Å². The minimum absolute atomic E-state index is 0.0626. The van der Waals surface area contributed by atoms with Gasteiger partial charge in [0.15, 0.2) is 0 Å². The molecule has 1 amide bonds. The Kier molecular flexibility index (Phi) is 4.35. The van der Waals surface area contributed by atoms with Crippen LogP contribution in [0.1, 0.15) is 51.9 Å². The van der Waals surface area contributed by atoms with E-state index < -0.39 is 6.43 Å². The van der Waals surface area contributed by atoms with E-state index in [0.29, 0.717) is 29.4 Å². The fourth-order valence-electron chi connectivity index (χ4n) is 3.27. The molecule has 0 aliphatic carbocycles. The molecule has 1 atom stereocenters. The summed E-state index contributed by atoms with van der Waals surface area (Å²) >= 11 is 1.32. The highest BCUT2D eigenvalue weighted by Gasteiger charge is 2.29. The van der Waals surface area contributed by atoms with Crippen molar-refractivity contribution in [3.8, 4) is 0 Å². The average molecular weight is 378 g/mol. The monoisotopic (exact) mass is 378 g/mol. The van der Waals surface area contributed by atoms with E-state index in [0.717, 1.165) is 17.4 Å². The molecule has 0 N–H and O–H groups in total. The fourth-order valence-corrected chi connectivity index (χ4v) is 4.04. The van der Waals surface area contributed by atoms with Crippen LogP contribution in [0.4, 0.5) is 8.78 Å². The zero-order valence-corrected chi connectivity index (χ0v) is 14.8. The smallest absolute Gasteiger partial charge is 0.280 e. The van der Waals surface area contributed by atoms with Crippen LogP contribution in [0, 0.1) is 6.92 Å². The lowest BCUT2D eigenvalue weighted by Gasteiger charge is -2.32. The Balaban J connectivity index is 1.63. The van der Waals surface area contributed by atoms with Crippen molar-refractivity contribution in [1.82, 2.24) is 29.5 Å². The summed E-state index contributed by atoms with van der Waals surface area (Å²) in [6.07, 6.45) is 0.104. The highest BCUT2D eigenvalue weighted by atomic mass is 32.1. The lowest BCUT2D eigenvalue weighted by molar-refractivity contribution is 0.0709. The first kappa shape index (κ1) is 17.0. The molecular weight excluding hydrogens is 362 g/mol. The second-order valence-electron chi connectivity index (χ2n) is 6.24. The number of fused-ring (bicyclic) bond motifs is 1. The number of amides is 1. The van der Waals surface area contributed by atoms with Gasteiger partial charge >= 0.3 is 0 Å². The number of piperidine rings is 1. The van der Waals surface area contributed by atoms with Crippen LogP contribution in [-0.2, 0) is 0 Å². The van der Waals surface area contributed by atoms with Gasteiger partial charge in [0, 0.05) is 19.0 Å². The van der Waals surface area contributed by atoms with Gasteiger partial charge in [-0.25, -0.2) is 18.7 Å². The Morgan fingerprint density at radius 2 is 2.23 bits per heavy atom. The number of thiazole rings is 1. The van der Waals surface area contributed by atoms with Gasteiger partial charge < -0.3 is 4.90 Å². The number of alkyl halides is 2. The number of rotatable bonds is 3. The highest BCUT2D eigenvalue weighted by molar-refractivity contribution is 7.11. The molecule has 0 bridgehead atoms. The summed E-state index contributed by atoms with van der Waals surface area (Å²) in [6.45, 7) is 2.89. The van der Waals surface area contributed by atoms with Crippen LogP contribution < -0.4 is 0 Å². The first-order valence-corrected chi connectivity index (χ1v) is 9.10. The predicted octanol–water partition coefficient (Wildman–Crippen LogP) is 2.85. The molecule has 3 aromatic rings. The molecule has 0 radical (unpaired) electrons. The van der Waals surface area contributed by atoms with Gasteiger partial charge in [-0.1, -0.05) is 0 Å². The van der Waals surface area contributed by atoms with E-state index in [4.69, 9.17) is 0 Å². The maximum absolute atomic E-state index is 13.4. The zero-order chi connectivity index (χ0) is 18.3. The van der Waals surface area contributed by atoms with Crippen molar-refractivity contribution in [2.45, 2.75) is 32.1 Å². The Bertz CT molecular complexity index is 955. The van der Waals surface area contributed by atoms with E-state index in [2.05, 4.69) is 20.1 Å². The molecular formula is C16H16F2N6OS. The SMILES string of the molecule is Cc1ncsc1C(=O)N1CCC[C@H](c2cc(C(F)F)n3ncnc3n2)C1.